The molecule has 2 aromatic rings. The Bertz CT molecular complexity index is 631. The van der Waals surface area contributed by atoms with Crippen molar-refractivity contribution in [2.75, 3.05) is 0 Å². The van der Waals surface area contributed by atoms with Crippen LogP contribution in [0.2, 0.25) is 0 Å². The number of aromatic nitrogens is 2. The van der Waals surface area contributed by atoms with Gasteiger partial charge in [-0.15, -0.1) is 0 Å². The van der Waals surface area contributed by atoms with Gasteiger partial charge in [0.2, 0.25) is 0 Å². The predicted octanol–water partition coefficient (Wildman–Crippen LogP) is 2.56. The highest BCUT2D eigenvalue weighted by molar-refractivity contribution is 5.77. The molecule has 20 heavy (non-hydrogen) atoms. The molecule has 1 aromatic carbocycles. The average Bonchev–Trinajstić information content (AvgIpc) is 2.73. The molecule has 0 saturated carbocycles. The van der Waals surface area contributed by atoms with E-state index >= 15 is 0 Å². The number of carboxylic acids is 1. The molecule has 0 aliphatic rings. The number of aryl methyl sites for hydroxylation is 1. The van der Waals surface area contributed by atoms with Gasteiger partial charge in [-0.3, -0.25) is 4.79 Å². The lowest BCUT2D eigenvalue weighted by atomic mass is 10.0. The Kier molecular flexibility index (Phi) is 4.09. The average molecular weight is 275 g/mol. The number of nitrogens with zero attached hydrogens (tertiary/aromatic N) is 2. The zero-order valence-electron chi connectivity index (χ0n) is 12.1. The van der Waals surface area contributed by atoms with E-state index in [1.54, 1.807) is 0 Å². The summed E-state index contributed by atoms with van der Waals surface area (Å²) in [6.07, 6.45) is 0.517. The Labute approximate surface area is 118 Å². The van der Waals surface area contributed by atoms with Crippen LogP contribution in [0.25, 0.3) is 11.0 Å². The lowest BCUT2D eigenvalue weighted by Gasteiger charge is -2.10. The zero-order chi connectivity index (χ0) is 14.9. The highest BCUT2D eigenvalue weighted by Crippen LogP contribution is 2.24. The smallest absolute Gasteiger partial charge is 0.303 e. The molecule has 1 aromatic heterocycles. The zero-order valence-corrected chi connectivity index (χ0v) is 12.1. The third-order valence-electron chi connectivity index (χ3n) is 3.55. The van der Waals surface area contributed by atoms with Gasteiger partial charge in [0.15, 0.2) is 0 Å². The van der Waals surface area contributed by atoms with Gasteiger partial charge in [-0.1, -0.05) is 19.9 Å². The molecule has 108 valence electrons. The maximum absolute atomic E-state index is 10.6. The molecule has 0 aliphatic carbocycles. The summed E-state index contributed by atoms with van der Waals surface area (Å²) < 4.78 is 2.09. The van der Waals surface area contributed by atoms with Gasteiger partial charge >= 0.3 is 5.97 Å². The molecule has 0 aliphatic heterocycles. The largest absolute Gasteiger partial charge is 0.481 e. The van der Waals surface area contributed by atoms with Gasteiger partial charge in [-0.2, -0.15) is 0 Å². The van der Waals surface area contributed by atoms with Crippen molar-refractivity contribution in [3.8, 4) is 0 Å². The van der Waals surface area contributed by atoms with Crippen LogP contribution in [0.3, 0.4) is 0 Å². The summed E-state index contributed by atoms with van der Waals surface area (Å²) in [5.74, 6) is 0.578. The van der Waals surface area contributed by atoms with Gasteiger partial charge in [0.1, 0.15) is 5.82 Å². The molecular formula is C15H21N3O2. The third kappa shape index (κ3) is 2.82. The number of carboxylic acid groups (broad SMARTS) is 1. The molecule has 5 nitrogen and oxygen atoms in total. The number of imidazole rings is 1. The SMILES string of the molecule is CC(C)c1nc2cc(C(N)CCC(=O)O)ccc2n1C. The highest BCUT2D eigenvalue weighted by atomic mass is 16.4. The molecule has 5 heteroatoms. The Hall–Kier alpha value is -1.88. The Morgan fingerprint density at radius 2 is 2.15 bits per heavy atom. The molecule has 0 saturated heterocycles. The van der Waals surface area contributed by atoms with Crippen LogP contribution in [-0.4, -0.2) is 20.6 Å². The minimum absolute atomic E-state index is 0.0820. The molecule has 0 amide bonds. The van der Waals surface area contributed by atoms with Crippen molar-refractivity contribution in [3.63, 3.8) is 0 Å². The van der Waals surface area contributed by atoms with Gasteiger partial charge in [0.25, 0.3) is 0 Å². The fraction of sp³-hybridized carbons (Fsp3) is 0.467. The fourth-order valence-electron chi connectivity index (χ4n) is 2.43. The number of carbonyl (C=O) groups is 1. The topological polar surface area (TPSA) is 81.1 Å². The second-order valence-electron chi connectivity index (χ2n) is 5.47. The van der Waals surface area contributed by atoms with Gasteiger partial charge < -0.3 is 15.4 Å². The summed E-state index contributed by atoms with van der Waals surface area (Å²) >= 11 is 0. The standard InChI is InChI=1S/C15H21N3O2/c1-9(2)15-17-12-8-10(4-6-13(12)18(15)3)11(16)5-7-14(19)20/h4,6,8-9,11H,5,7,16H2,1-3H3,(H,19,20). The number of benzene rings is 1. The number of hydrogen-bond acceptors (Lipinski definition) is 3. The number of rotatable bonds is 5. The van der Waals surface area contributed by atoms with E-state index in [0.717, 1.165) is 22.4 Å². The van der Waals surface area contributed by atoms with Crippen molar-refractivity contribution in [1.29, 1.82) is 0 Å². The van der Waals surface area contributed by atoms with E-state index in [1.165, 1.54) is 0 Å². The number of hydrogen-bond donors (Lipinski definition) is 2. The van der Waals surface area contributed by atoms with Crippen molar-refractivity contribution in [3.05, 3.63) is 29.6 Å². The summed E-state index contributed by atoms with van der Waals surface area (Å²) in [4.78, 5) is 15.2. The maximum Gasteiger partial charge on any atom is 0.303 e. The minimum atomic E-state index is -0.818. The maximum atomic E-state index is 10.6. The van der Waals surface area contributed by atoms with Gasteiger partial charge in [-0.25, -0.2) is 4.98 Å². The summed E-state index contributed by atoms with van der Waals surface area (Å²) in [7, 11) is 2.01. The van der Waals surface area contributed by atoms with Crippen LogP contribution in [0.4, 0.5) is 0 Å². The van der Waals surface area contributed by atoms with Gasteiger partial charge in [0, 0.05) is 25.4 Å². The number of fused-ring (bicyclic) bond motifs is 1. The fourth-order valence-corrected chi connectivity index (χ4v) is 2.43. The van der Waals surface area contributed by atoms with E-state index in [-0.39, 0.29) is 12.5 Å². The van der Waals surface area contributed by atoms with Crippen molar-refractivity contribution in [1.82, 2.24) is 9.55 Å². The molecule has 0 bridgehead atoms. The first-order valence-electron chi connectivity index (χ1n) is 6.83. The molecule has 0 radical (unpaired) electrons. The number of aliphatic carboxylic acids is 1. The molecule has 2 rings (SSSR count). The Morgan fingerprint density at radius 1 is 1.45 bits per heavy atom. The van der Waals surface area contributed by atoms with E-state index in [9.17, 15) is 4.79 Å². The summed E-state index contributed by atoms with van der Waals surface area (Å²) in [6, 6.07) is 5.67. The molecule has 1 atom stereocenters. The minimum Gasteiger partial charge on any atom is -0.481 e. The van der Waals surface area contributed by atoms with Crippen LogP contribution < -0.4 is 5.73 Å². The van der Waals surface area contributed by atoms with Crippen molar-refractivity contribution >= 4 is 17.0 Å². The van der Waals surface area contributed by atoms with Crippen molar-refractivity contribution in [2.24, 2.45) is 12.8 Å². The number of nitrogens with two attached hydrogens (primary N) is 1. The Morgan fingerprint density at radius 3 is 2.75 bits per heavy atom. The van der Waals surface area contributed by atoms with Crippen molar-refractivity contribution in [2.45, 2.75) is 38.6 Å². The first-order valence-corrected chi connectivity index (χ1v) is 6.83. The monoisotopic (exact) mass is 275 g/mol. The molecular weight excluding hydrogens is 254 g/mol. The molecule has 0 spiro atoms. The molecule has 0 fully saturated rings. The summed E-state index contributed by atoms with van der Waals surface area (Å²) in [6.45, 7) is 4.22. The highest BCUT2D eigenvalue weighted by Gasteiger charge is 2.14. The normalized spacial score (nSPS) is 13.1. The van der Waals surface area contributed by atoms with Crippen LogP contribution in [0, 0.1) is 0 Å². The second kappa shape index (κ2) is 5.63. The van der Waals surface area contributed by atoms with Gasteiger partial charge in [-0.05, 0) is 24.1 Å². The van der Waals surface area contributed by atoms with E-state index in [2.05, 4.69) is 23.4 Å². The van der Waals surface area contributed by atoms with E-state index < -0.39 is 5.97 Å². The third-order valence-corrected chi connectivity index (χ3v) is 3.55. The van der Waals surface area contributed by atoms with Crippen LogP contribution in [0.1, 0.15) is 50.0 Å². The quantitative estimate of drug-likeness (QED) is 0.878. The first kappa shape index (κ1) is 14.5. The van der Waals surface area contributed by atoms with Gasteiger partial charge in [0.05, 0.1) is 11.0 Å². The van der Waals surface area contributed by atoms with Crippen molar-refractivity contribution < 1.29 is 9.90 Å². The second-order valence-corrected chi connectivity index (χ2v) is 5.47. The van der Waals surface area contributed by atoms with Crippen LogP contribution in [0.5, 0.6) is 0 Å². The lowest BCUT2D eigenvalue weighted by molar-refractivity contribution is -0.137. The lowest BCUT2D eigenvalue weighted by Crippen LogP contribution is -2.12. The predicted molar refractivity (Wildman–Crippen MR) is 78.6 cm³/mol. The Balaban J connectivity index is 2.31. The summed E-state index contributed by atoms with van der Waals surface area (Å²) in [5, 5.41) is 8.71. The molecule has 3 N–H and O–H groups in total. The van der Waals surface area contributed by atoms with E-state index in [4.69, 9.17) is 10.8 Å². The molecule has 1 heterocycles. The van der Waals surface area contributed by atoms with E-state index in [0.29, 0.717) is 12.3 Å². The van der Waals surface area contributed by atoms with Crippen LogP contribution >= 0.6 is 0 Å². The molecule has 1 unspecified atom stereocenters. The van der Waals surface area contributed by atoms with Crippen LogP contribution in [-0.2, 0) is 11.8 Å². The first-order chi connectivity index (χ1) is 9.40. The van der Waals surface area contributed by atoms with E-state index in [1.807, 2.05) is 25.2 Å². The summed E-state index contributed by atoms with van der Waals surface area (Å²) in [5.41, 5.74) is 8.97. The van der Waals surface area contributed by atoms with Crippen LogP contribution in [0.15, 0.2) is 18.2 Å².